The molecule has 0 unspecified atom stereocenters. The van der Waals surface area contributed by atoms with Crippen molar-refractivity contribution in [3.05, 3.63) is 17.0 Å². The predicted molar refractivity (Wildman–Crippen MR) is 73.0 cm³/mol. The maximum Gasteiger partial charge on any atom is 0.220 e. The molecule has 1 aromatic heterocycles. The summed E-state index contributed by atoms with van der Waals surface area (Å²) < 4.78 is 7.23. The molecular formula is C14H23N3O2. The molecule has 2 rings (SSSR count). The van der Waals surface area contributed by atoms with Gasteiger partial charge in [0.25, 0.3) is 0 Å². The number of carbonyl (C=O) groups is 1. The van der Waals surface area contributed by atoms with Crippen molar-refractivity contribution in [3.8, 4) is 0 Å². The van der Waals surface area contributed by atoms with Crippen molar-refractivity contribution in [1.82, 2.24) is 15.1 Å². The summed E-state index contributed by atoms with van der Waals surface area (Å²) in [5.74, 6) is 0.518. The first-order valence-corrected chi connectivity index (χ1v) is 6.93. The smallest absolute Gasteiger partial charge is 0.220 e. The Morgan fingerprint density at radius 2 is 2.26 bits per heavy atom. The molecule has 1 aliphatic rings. The maximum atomic E-state index is 11.7. The number of hydrogen-bond acceptors (Lipinski definition) is 3. The molecule has 1 aromatic rings. The van der Waals surface area contributed by atoms with Crippen molar-refractivity contribution in [2.45, 2.75) is 40.2 Å². The molecule has 0 radical (unpaired) electrons. The average molecular weight is 265 g/mol. The number of ether oxygens (including phenoxy) is 1. The molecule has 0 saturated carbocycles. The van der Waals surface area contributed by atoms with Gasteiger partial charge in [0.1, 0.15) is 0 Å². The molecule has 106 valence electrons. The quantitative estimate of drug-likeness (QED) is 0.874. The number of aryl methyl sites for hydroxylation is 1. The molecule has 1 amide bonds. The molecule has 0 spiro atoms. The third-order valence-corrected chi connectivity index (χ3v) is 3.89. The minimum absolute atomic E-state index is 0.119. The number of hydrogen-bond donors (Lipinski definition) is 1. The lowest BCUT2D eigenvalue weighted by molar-refractivity contribution is -0.122. The topological polar surface area (TPSA) is 56.2 Å². The number of carbonyl (C=O) groups excluding carboxylic acids is 1. The van der Waals surface area contributed by atoms with Crippen LogP contribution in [0.1, 0.15) is 29.8 Å². The first-order chi connectivity index (χ1) is 9.08. The highest BCUT2D eigenvalue weighted by molar-refractivity contribution is 5.76. The molecule has 1 fully saturated rings. The van der Waals surface area contributed by atoms with Crippen LogP contribution in [0.2, 0.25) is 0 Å². The Balaban J connectivity index is 1.73. The van der Waals surface area contributed by atoms with Crippen LogP contribution in [-0.4, -0.2) is 35.4 Å². The summed E-state index contributed by atoms with van der Waals surface area (Å²) in [7, 11) is 0. The molecular weight excluding hydrogens is 242 g/mol. The van der Waals surface area contributed by atoms with Crippen molar-refractivity contribution in [3.63, 3.8) is 0 Å². The fraction of sp³-hybridized carbons (Fsp3) is 0.714. The van der Waals surface area contributed by atoms with Crippen LogP contribution in [0.25, 0.3) is 0 Å². The highest BCUT2D eigenvalue weighted by Gasteiger charge is 2.18. The van der Waals surface area contributed by atoms with Crippen molar-refractivity contribution in [2.75, 3.05) is 19.8 Å². The van der Waals surface area contributed by atoms with Crippen LogP contribution in [0.4, 0.5) is 0 Å². The lowest BCUT2D eigenvalue weighted by Gasteiger charge is -2.09. The number of amides is 1. The lowest BCUT2D eigenvalue weighted by Crippen LogP contribution is -2.29. The minimum Gasteiger partial charge on any atom is -0.381 e. The van der Waals surface area contributed by atoms with Gasteiger partial charge in [-0.3, -0.25) is 9.48 Å². The van der Waals surface area contributed by atoms with Crippen molar-refractivity contribution >= 4 is 5.91 Å². The van der Waals surface area contributed by atoms with Gasteiger partial charge in [0, 0.05) is 31.9 Å². The van der Waals surface area contributed by atoms with E-state index in [1.165, 1.54) is 11.3 Å². The summed E-state index contributed by atoms with van der Waals surface area (Å²) in [6, 6.07) is 0. The maximum absolute atomic E-state index is 11.7. The van der Waals surface area contributed by atoms with Gasteiger partial charge in [-0.25, -0.2) is 0 Å². The Morgan fingerprint density at radius 3 is 2.84 bits per heavy atom. The fourth-order valence-corrected chi connectivity index (χ4v) is 2.38. The Hall–Kier alpha value is -1.36. The van der Waals surface area contributed by atoms with Gasteiger partial charge in [0.15, 0.2) is 0 Å². The van der Waals surface area contributed by atoms with Gasteiger partial charge in [-0.2, -0.15) is 5.10 Å². The fourth-order valence-electron chi connectivity index (χ4n) is 2.38. The van der Waals surface area contributed by atoms with E-state index >= 15 is 0 Å². The monoisotopic (exact) mass is 265 g/mol. The second-order valence-corrected chi connectivity index (χ2v) is 5.30. The molecule has 1 saturated heterocycles. The van der Waals surface area contributed by atoms with Gasteiger partial charge >= 0.3 is 0 Å². The van der Waals surface area contributed by atoms with Crippen LogP contribution < -0.4 is 5.32 Å². The number of nitrogens with one attached hydrogen (secondary N) is 1. The zero-order chi connectivity index (χ0) is 13.8. The van der Waals surface area contributed by atoms with Gasteiger partial charge in [0.05, 0.1) is 12.2 Å². The molecule has 0 bridgehead atoms. The summed E-state index contributed by atoms with van der Waals surface area (Å²) in [4.78, 5) is 11.7. The highest BCUT2D eigenvalue weighted by Crippen LogP contribution is 2.15. The second-order valence-electron chi connectivity index (χ2n) is 5.30. The Morgan fingerprint density at radius 1 is 1.47 bits per heavy atom. The molecule has 0 aromatic carbocycles. The number of aromatic nitrogens is 2. The van der Waals surface area contributed by atoms with Crippen LogP contribution in [0.15, 0.2) is 0 Å². The zero-order valence-corrected chi connectivity index (χ0v) is 12.0. The summed E-state index contributed by atoms with van der Waals surface area (Å²) in [5, 5.41) is 7.41. The summed E-state index contributed by atoms with van der Waals surface area (Å²) in [6.07, 6.45) is 1.58. The Bertz CT molecular complexity index is 448. The Labute approximate surface area is 114 Å². The standard InChI is InChI=1S/C14H23N3O2/c1-10-11(2)16-17(12(10)3)6-5-15-14(18)8-13-4-7-19-9-13/h13H,4-9H2,1-3H3,(H,15,18)/t13-/m0/s1. The molecule has 1 atom stereocenters. The van der Waals surface area contributed by atoms with Gasteiger partial charge in [-0.15, -0.1) is 0 Å². The summed E-state index contributed by atoms with van der Waals surface area (Å²) >= 11 is 0. The summed E-state index contributed by atoms with van der Waals surface area (Å²) in [5.41, 5.74) is 3.47. The van der Waals surface area contributed by atoms with E-state index in [0.717, 1.165) is 31.9 Å². The SMILES string of the molecule is Cc1nn(CCNC(=O)C[C@@H]2CCOC2)c(C)c1C. The van der Waals surface area contributed by atoms with Gasteiger partial charge in [-0.1, -0.05) is 0 Å². The molecule has 1 N–H and O–H groups in total. The Kier molecular flexibility index (Phi) is 4.58. The average Bonchev–Trinajstić information content (AvgIpc) is 2.95. The molecule has 5 heteroatoms. The normalized spacial score (nSPS) is 18.8. The van der Waals surface area contributed by atoms with E-state index in [4.69, 9.17) is 4.74 Å². The lowest BCUT2D eigenvalue weighted by atomic mass is 10.1. The van der Waals surface area contributed by atoms with Crippen LogP contribution in [0.3, 0.4) is 0 Å². The van der Waals surface area contributed by atoms with Gasteiger partial charge in [-0.05, 0) is 38.7 Å². The third kappa shape index (κ3) is 3.56. The second kappa shape index (κ2) is 6.19. The van der Waals surface area contributed by atoms with Gasteiger partial charge in [0.2, 0.25) is 5.91 Å². The molecule has 2 heterocycles. The van der Waals surface area contributed by atoms with Crippen LogP contribution >= 0.6 is 0 Å². The summed E-state index contributed by atoms with van der Waals surface area (Å²) in [6.45, 7) is 9.03. The van der Waals surface area contributed by atoms with E-state index in [0.29, 0.717) is 18.9 Å². The van der Waals surface area contributed by atoms with E-state index < -0.39 is 0 Å². The molecule has 1 aliphatic heterocycles. The highest BCUT2D eigenvalue weighted by atomic mass is 16.5. The van der Waals surface area contributed by atoms with E-state index in [1.54, 1.807) is 0 Å². The van der Waals surface area contributed by atoms with Crippen molar-refractivity contribution in [1.29, 1.82) is 0 Å². The number of nitrogens with zero attached hydrogens (tertiary/aromatic N) is 2. The first-order valence-electron chi connectivity index (χ1n) is 6.93. The van der Waals surface area contributed by atoms with E-state index in [2.05, 4.69) is 24.3 Å². The van der Waals surface area contributed by atoms with E-state index in [1.807, 2.05) is 11.6 Å². The van der Waals surface area contributed by atoms with E-state index in [-0.39, 0.29) is 5.91 Å². The molecule has 5 nitrogen and oxygen atoms in total. The predicted octanol–water partition coefficient (Wildman–Crippen LogP) is 1.35. The largest absolute Gasteiger partial charge is 0.381 e. The first kappa shape index (κ1) is 14.1. The van der Waals surface area contributed by atoms with Crippen LogP contribution in [0.5, 0.6) is 0 Å². The van der Waals surface area contributed by atoms with Crippen molar-refractivity contribution in [2.24, 2.45) is 5.92 Å². The van der Waals surface area contributed by atoms with E-state index in [9.17, 15) is 4.79 Å². The molecule has 19 heavy (non-hydrogen) atoms. The van der Waals surface area contributed by atoms with Crippen LogP contribution in [-0.2, 0) is 16.1 Å². The number of rotatable bonds is 5. The van der Waals surface area contributed by atoms with Gasteiger partial charge < -0.3 is 10.1 Å². The third-order valence-electron chi connectivity index (χ3n) is 3.89. The molecule has 0 aliphatic carbocycles. The minimum atomic E-state index is 0.119. The van der Waals surface area contributed by atoms with Crippen LogP contribution in [0, 0.1) is 26.7 Å². The van der Waals surface area contributed by atoms with Crippen molar-refractivity contribution < 1.29 is 9.53 Å². The zero-order valence-electron chi connectivity index (χ0n) is 12.0.